The number of nitrogens with two attached hydrogens (primary N) is 1. The first kappa shape index (κ1) is 16.9. The SMILES string of the molecule is CC(C)OCCNS(=O)(=O)c1c(Br)cc(N)cc1Br. The van der Waals surface area contributed by atoms with Crippen molar-refractivity contribution in [2.75, 3.05) is 18.9 Å². The molecule has 0 spiro atoms. The molecule has 0 radical (unpaired) electrons. The first-order valence-electron chi connectivity index (χ1n) is 5.60. The second-order valence-corrected chi connectivity index (χ2v) is 7.54. The zero-order valence-corrected chi connectivity index (χ0v) is 14.6. The van der Waals surface area contributed by atoms with Gasteiger partial charge in [-0.1, -0.05) is 0 Å². The highest BCUT2D eigenvalue weighted by Crippen LogP contribution is 2.32. The number of hydrogen-bond acceptors (Lipinski definition) is 4. The number of ether oxygens (including phenoxy) is 1. The zero-order chi connectivity index (χ0) is 14.6. The van der Waals surface area contributed by atoms with E-state index < -0.39 is 10.0 Å². The van der Waals surface area contributed by atoms with E-state index in [1.165, 1.54) is 0 Å². The molecule has 1 aromatic carbocycles. The lowest BCUT2D eigenvalue weighted by atomic mass is 10.3. The Hall–Kier alpha value is -0.150. The quantitative estimate of drug-likeness (QED) is 0.552. The molecule has 0 atom stereocenters. The molecule has 0 saturated carbocycles. The smallest absolute Gasteiger partial charge is 0.242 e. The van der Waals surface area contributed by atoms with Crippen LogP contribution in [0.15, 0.2) is 26.0 Å². The van der Waals surface area contributed by atoms with Crippen molar-refractivity contribution in [1.29, 1.82) is 0 Å². The Morgan fingerprint density at radius 2 is 1.84 bits per heavy atom. The number of nitrogen functional groups attached to an aromatic ring is 1. The second kappa shape index (κ2) is 7.03. The highest BCUT2D eigenvalue weighted by Gasteiger charge is 2.21. The van der Waals surface area contributed by atoms with Crippen molar-refractivity contribution in [3.8, 4) is 0 Å². The predicted molar refractivity (Wildman–Crippen MR) is 82.5 cm³/mol. The van der Waals surface area contributed by atoms with Crippen LogP contribution in [-0.2, 0) is 14.8 Å². The van der Waals surface area contributed by atoms with Crippen LogP contribution in [0, 0.1) is 0 Å². The van der Waals surface area contributed by atoms with E-state index in [9.17, 15) is 8.42 Å². The first-order chi connectivity index (χ1) is 8.74. The van der Waals surface area contributed by atoms with Gasteiger partial charge in [0, 0.05) is 21.2 Å². The molecule has 0 aliphatic rings. The molecule has 0 amide bonds. The Morgan fingerprint density at radius 1 is 1.32 bits per heavy atom. The fraction of sp³-hybridized carbons (Fsp3) is 0.455. The topological polar surface area (TPSA) is 81.4 Å². The van der Waals surface area contributed by atoms with Crippen LogP contribution in [0.1, 0.15) is 13.8 Å². The molecule has 0 unspecified atom stereocenters. The number of rotatable bonds is 6. The molecule has 5 nitrogen and oxygen atoms in total. The molecule has 0 bridgehead atoms. The van der Waals surface area contributed by atoms with Crippen molar-refractivity contribution < 1.29 is 13.2 Å². The number of sulfonamides is 1. The monoisotopic (exact) mass is 414 g/mol. The minimum absolute atomic E-state index is 0.0690. The highest BCUT2D eigenvalue weighted by atomic mass is 79.9. The second-order valence-electron chi connectivity index (χ2n) is 4.13. The lowest BCUT2D eigenvalue weighted by molar-refractivity contribution is 0.0834. The van der Waals surface area contributed by atoms with Crippen LogP contribution < -0.4 is 10.5 Å². The summed E-state index contributed by atoms with van der Waals surface area (Å²) in [5.74, 6) is 0. The number of halogens is 2. The van der Waals surface area contributed by atoms with Gasteiger partial charge in [0.15, 0.2) is 0 Å². The molecule has 0 fully saturated rings. The maximum absolute atomic E-state index is 12.2. The van der Waals surface area contributed by atoms with Gasteiger partial charge < -0.3 is 10.5 Å². The van der Waals surface area contributed by atoms with Crippen LogP contribution in [0.4, 0.5) is 5.69 Å². The molecule has 1 aromatic rings. The Labute approximate surface area is 130 Å². The van der Waals surface area contributed by atoms with E-state index in [2.05, 4.69) is 36.6 Å². The van der Waals surface area contributed by atoms with Gasteiger partial charge in [-0.2, -0.15) is 0 Å². The van der Waals surface area contributed by atoms with Crippen molar-refractivity contribution in [3.63, 3.8) is 0 Å². The van der Waals surface area contributed by atoms with Gasteiger partial charge in [-0.05, 0) is 57.8 Å². The van der Waals surface area contributed by atoms with Crippen molar-refractivity contribution >= 4 is 47.6 Å². The summed E-state index contributed by atoms with van der Waals surface area (Å²) in [5, 5.41) is 0. The molecule has 108 valence electrons. The molecule has 0 aliphatic carbocycles. The summed E-state index contributed by atoms with van der Waals surface area (Å²) in [5.41, 5.74) is 6.10. The average molecular weight is 416 g/mol. The van der Waals surface area contributed by atoms with Crippen LogP contribution in [0.2, 0.25) is 0 Å². The molecular weight excluding hydrogens is 400 g/mol. The van der Waals surface area contributed by atoms with E-state index in [1.54, 1.807) is 12.1 Å². The standard InChI is InChI=1S/C11H16Br2N2O3S/c1-7(2)18-4-3-15-19(16,17)11-9(12)5-8(14)6-10(11)13/h5-7,15H,3-4,14H2,1-2H3. The lowest BCUT2D eigenvalue weighted by Gasteiger charge is -2.12. The molecule has 0 saturated heterocycles. The zero-order valence-electron chi connectivity index (χ0n) is 10.6. The minimum atomic E-state index is -3.62. The molecular formula is C11H16Br2N2O3S. The first-order valence-corrected chi connectivity index (χ1v) is 8.66. The Balaban J connectivity index is 2.84. The average Bonchev–Trinajstić information content (AvgIpc) is 2.22. The molecule has 0 aromatic heterocycles. The molecule has 8 heteroatoms. The summed E-state index contributed by atoms with van der Waals surface area (Å²) in [7, 11) is -3.62. The van der Waals surface area contributed by atoms with E-state index in [4.69, 9.17) is 10.5 Å². The van der Waals surface area contributed by atoms with Gasteiger partial charge in [-0.3, -0.25) is 0 Å². The Kier molecular flexibility index (Phi) is 6.25. The number of anilines is 1. The molecule has 3 N–H and O–H groups in total. The third kappa shape index (κ3) is 5.03. The fourth-order valence-electron chi connectivity index (χ4n) is 1.38. The molecule has 0 aliphatic heterocycles. The minimum Gasteiger partial charge on any atom is -0.399 e. The van der Waals surface area contributed by atoms with E-state index >= 15 is 0 Å². The van der Waals surface area contributed by atoms with Gasteiger partial charge in [0.1, 0.15) is 4.90 Å². The van der Waals surface area contributed by atoms with Gasteiger partial charge in [-0.25, -0.2) is 13.1 Å². The molecule has 1 rings (SSSR count). The summed E-state index contributed by atoms with van der Waals surface area (Å²) < 4.78 is 32.9. The van der Waals surface area contributed by atoms with Crippen molar-refractivity contribution in [1.82, 2.24) is 4.72 Å². The van der Waals surface area contributed by atoms with Gasteiger partial charge in [0.25, 0.3) is 0 Å². The fourth-order valence-corrected chi connectivity index (χ4v) is 5.01. The summed E-state index contributed by atoms with van der Waals surface area (Å²) in [6, 6.07) is 3.09. The Morgan fingerprint density at radius 3 is 2.32 bits per heavy atom. The molecule has 19 heavy (non-hydrogen) atoms. The van der Waals surface area contributed by atoms with Crippen LogP contribution in [-0.4, -0.2) is 27.7 Å². The van der Waals surface area contributed by atoms with E-state index in [0.717, 1.165) is 0 Å². The van der Waals surface area contributed by atoms with Gasteiger partial charge in [-0.15, -0.1) is 0 Å². The van der Waals surface area contributed by atoms with Crippen LogP contribution >= 0.6 is 31.9 Å². The summed E-state index contributed by atoms with van der Waals surface area (Å²) in [4.78, 5) is 0.131. The summed E-state index contributed by atoms with van der Waals surface area (Å²) >= 11 is 6.41. The maximum Gasteiger partial charge on any atom is 0.242 e. The van der Waals surface area contributed by atoms with E-state index in [0.29, 0.717) is 21.2 Å². The largest absolute Gasteiger partial charge is 0.399 e. The van der Waals surface area contributed by atoms with E-state index in [1.807, 2.05) is 13.8 Å². The third-order valence-corrected chi connectivity index (χ3v) is 5.47. The van der Waals surface area contributed by atoms with Gasteiger partial charge >= 0.3 is 0 Å². The predicted octanol–water partition coefficient (Wildman–Crippen LogP) is 2.50. The lowest BCUT2D eigenvalue weighted by Crippen LogP contribution is -2.28. The summed E-state index contributed by atoms with van der Waals surface area (Å²) in [6.07, 6.45) is 0.0690. The third-order valence-electron chi connectivity index (χ3n) is 2.13. The van der Waals surface area contributed by atoms with Crippen LogP contribution in [0.3, 0.4) is 0 Å². The molecule has 0 heterocycles. The van der Waals surface area contributed by atoms with Gasteiger partial charge in [0.05, 0.1) is 12.7 Å². The van der Waals surface area contributed by atoms with Crippen molar-refractivity contribution in [3.05, 3.63) is 21.1 Å². The maximum atomic E-state index is 12.2. The van der Waals surface area contributed by atoms with Gasteiger partial charge in [0.2, 0.25) is 10.0 Å². The summed E-state index contributed by atoms with van der Waals surface area (Å²) in [6.45, 7) is 4.31. The van der Waals surface area contributed by atoms with Crippen LogP contribution in [0.5, 0.6) is 0 Å². The normalized spacial score (nSPS) is 12.1. The number of benzene rings is 1. The van der Waals surface area contributed by atoms with E-state index in [-0.39, 0.29) is 17.5 Å². The van der Waals surface area contributed by atoms with Crippen molar-refractivity contribution in [2.45, 2.75) is 24.8 Å². The Bertz CT molecular complexity index is 524. The number of nitrogens with one attached hydrogen (secondary N) is 1. The van der Waals surface area contributed by atoms with Crippen molar-refractivity contribution in [2.24, 2.45) is 0 Å². The van der Waals surface area contributed by atoms with Crippen LogP contribution in [0.25, 0.3) is 0 Å². The highest BCUT2D eigenvalue weighted by molar-refractivity contribution is 9.11. The number of hydrogen-bond donors (Lipinski definition) is 2.